The van der Waals surface area contributed by atoms with E-state index in [4.69, 9.17) is 0 Å². The topological polar surface area (TPSA) is 66.6 Å². The first-order valence-electron chi connectivity index (χ1n) is 5.77. The fraction of sp³-hybridized carbons (Fsp3) is 0. The van der Waals surface area contributed by atoms with Gasteiger partial charge in [0, 0.05) is 12.3 Å². The number of hydrogen-bond acceptors (Lipinski definition) is 4. The molecule has 0 aliphatic heterocycles. The lowest BCUT2D eigenvalue weighted by Crippen LogP contribution is -2.14. The Morgan fingerprint density at radius 3 is 2.74 bits per heavy atom. The van der Waals surface area contributed by atoms with Crippen molar-refractivity contribution in [2.24, 2.45) is 0 Å². The van der Waals surface area contributed by atoms with Gasteiger partial charge in [0.25, 0.3) is 5.56 Å². The molecule has 0 aliphatic rings. The first kappa shape index (κ1) is 11.3. The number of para-hydroxylation sites is 2. The highest BCUT2D eigenvalue weighted by Crippen LogP contribution is 2.24. The van der Waals surface area contributed by atoms with Crippen molar-refractivity contribution in [3.8, 4) is 5.75 Å². The van der Waals surface area contributed by atoms with Crippen LogP contribution in [0.3, 0.4) is 0 Å². The normalized spacial score (nSPS) is 10.5. The summed E-state index contributed by atoms with van der Waals surface area (Å²) in [7, 11) is 0. The summed E-state index contributed by atoms with van der Waals surface area (Å²) >= 11 is 0. The quantitative estimate of drug-likeness (QED) is 0.687. The summed E-state index contributed by atoms with van der Waals surface area (Å²) in [6.07, 6.45) is 1.66. The van der Waals surface area contributed by atoms with Gasteiger partial charge in [0.05, 0.1) is 5.69 Å². The van der Waals surface area contributed by atoms with Crippen molar-refractivity contribution < 1.29 is 5.11 Å². The predicted octanol–water partition coefficient (Wildman–Crippen LogP) is 2.14. The molecule has 0 radical (unpaired) electrons. The lowest BCUT2D eigenvalue weighted by Gasteiger charge is -2.08. The molecule has 0 aliphatic carbocycles. The fourth-order valence-corrected chi connectivity index (χ4v) is 1.84. The third-order valence-corrected chi connectivity index (χ3v) is 2.74. The summed E-state index contributed by atoms with van der Waals surface area (Å²) in [6.45, 7) is 0. The van der Waals surface area contributed by atoms with Gasteiger partial charge < -0.3 is 10.4 Å². The van der Waals surface area contributed by atoms with Gasteiger partial charge in [-0.3, -0.25) is 9.20 Å². The number of nitrogens with one attached hydrogen (secondary N) is 1. The molecule has 2 aromatic heterocycles. The Morgan fingerprint density at radius 2 is 1.89 bits per heavy atom. The number of phenols is 1. The molecule has 0 saturated heterocycles. The molecule has 0 unspecified atom stereocenters. The van der Waals surface area contributed by atoms with Gasteiger partial charge >= 0.3 is 0 Å². The zero-order valence-corrected chi connectivity index (χ0v) is 9.95. The Hall–Kier alpha value is -2.82. The van der Waals surface area contributed by atoms with Gasteiger partial charge in [-0.25, -0.2) is 4.98 Å². The van der Waals surface area contributed by atoms with Gasteiger partial charge in [-0.2, -0.15) is 0 Å². The lowest BCUT2D eigenvalue weighted by molar-refractivity contribution is 0.477. The van der Waals surface area contributed by atoms with Crippen LogP contribution in [-0.4, -0.2) is 14.5 Å². The molecule has 3 aromatic rings. The molecule has 1 aromatic carbocycles. The van der Waals surface area contributed by atoms with E-state index in [9.17, 15) is 9.90 Å². The van der Waals surface area contributed by atoms with Crippen molar-refractivity contribution in [1.82, 2.24) is 9.38 Å². The van der Waals surface area contributed by atoms with Crippen molar-refractivity contribution in [3.63, 3.8) is 0 Å². The number of aromatic hydroxyl groups is 1. The molecule has 5 heteroatoms. The highest BCUT2D eigenvalue weighted by molar-refractivity contribution is 5.64. The second-order valence-corrected chi connectivity index (χ2v) is 4.05. The van der Waals surface area contributed by atoms with E-state index < -0.39 is 0 Å². The van der Waals surface area contributed by atoms with E-state index in [0.717, 1.165) is 0 Å². The van der Waals surface area contributed by atoms with E-state index in [-0.39, 0.29) is 11.3 Å². The summed E-state index contributed by atoms with van der Waals surface area (Å²) in [5.74, 6) is 0.510. The number of aromatic nitrogens is 2. The Labute approximate surface area is 108 Å². The third-order valence-electron chi connectivity index (χ3n) is 2.74. The van der Waals surface area contributed by atoms with Crippen LogP contribution in [0, 0.1) is 0 Å². The average molecular weight is 253 g/mol. The van der Waals surface area contributed by atoms with Crippen LogP contribution in [0.5, 0.6) is 5.75 Å². The molecule has 2 N–H and O–H groups in total. The number of phenolic OH excluding ortho intramolecular Hbond substituents is 1. The van der Waals surface area contributed by atoms with Gasteiger partial charge in [0.15, 0.2) is 0 Å². The van der Waals surface area contributed by atoms with Crippen molar-refractivity contribution in [2.75, 3.05) is 5.32 Å². The molecule has 0 fully saturated rings. The van der Waals surface area contributed by atoms with E-state index in [1.54, 1.807) is 42.6 Å². The van der Waals surface area contributed by atoms with Gasteiger partial charge in [-0.15, -0.1) is 0 Å². The molecule has 94 valence electrons. The largest absolute Gasteiger partial charge is 0.506 e. The molecular formula is C14H11N3O2. The molecule has 3 rings (SSSR count). The number of anilines is 2. The monoisotopic (exact) mass is 253 g/mol. The molecule has 0 atom stereocenters. The SMILES string of the molecule is O=c1cc(Nc2ccccc2O)nc2ccccn12. The average Bonchev–Trinajstić information content (AvgIpc) is 2.42. The minimum absolute atomic E-state index is 0.109. The third kappa shape index (κ3) is 2.13. The van der Waals surface area contributed by atoms with Gasteiger partial charge in [0.2, 0.25) is 0 Å². The number of hydrogen-bond donors (Lipinski definition) is 2. The maximum Gasteiger partial charge on any atom is 0.259 e. The minimum Gasteiger partial charge on any atom is -0.506 e. The van der Waals surface area contributed by atoms with Crippen LogP contribution in [0.15, 0.2) is 59.5 Å². The van der Waals surface area contributed by atoms with Crippen LogP contribution >= 0.6 is 0 Å². The Bertz CT molecular complexity index is 796. The standard InChI is InChI=1S/C14H11N3O2/c18-11-6-2-1-5-10(11)15-12-9-14(19)17-8-4-3-7-13(17)16-12/h1-9,15,18H. The fourth-order valence-electron chi connectivity index (χ4n) is 1.84. The summed E-state index contributed by atoms with van der Waals surface area (Å²) in [5.41, 5.74) is 0.881. The summed E-state index contributed by atoms with van der Waals surface area (Å²) in [5, 5.41) is 12.6. The molecule has 0 saturated carbocycles. The van der Waals surface area contributed by atoms with Crippen LogP contribution < -0.4 is 10.9 Å². The number of nitrogens with zero attached hydrogens (tertiary/aromatic N) is 2. The highest BCUT2D eigenvalue weighted by atomic mass is 16.3. The van der Waals surface area contributed by atoms with Crippen molar-refractivity contribution in [2.45, 2.75) is 0 Å². The van der Waals surface area contributed by atoms with Crippen molar-refractivity contribution in [1.29, 1.82) is 0 Å². The first-order chi connectivity index (χ1) is 9.24. The van der Waals surface area contributed by atoms with Gasteiger partial charge in [-0.05, 0) is 24.3 Å². The lowest BCUT2D eigenvalue weighted by atomic mass is 10.3. The van der Waals surface area contributed by atoms with Gasteiger partial charge in [0.1, 0.15) is 17.2 Å². The van der Waals surface area contributed by atoms with Crippen LogP contribution in [0.4, 0.5) is 11.5 Å². The van der Waals surface area contributed by atoms with Gasteiger partial charge in [-0.1, -0.05) is 18.2 Å². The summed E-state index contributed by atoms with van der Waals surface area (Å²) in [4.78, 5) is 16.2. The molecule has 2 heterocycles. The van der Waals surface area contributed by atoms with E-state index in [1.807, 2.05) is 6.07 Å². The zero-order valence-electron chi connectivity index (χ0n) is 9.95. The first-order valence-corrected chi connectivity index (χ1v) is 5.77. The maximum absolute atomic E-state index is 11.9. The van der Waals surface area contributed by atoms with Crippen LogP contribution in [0.25, 0.3) is 5.65 Å². The zero-order chi connectivity index (χ0) is 13.2. The van der Waals surface area contributed by atoms with Crippen molar-refractivity contribution in [3.05, 3.63) is 65.1 Å². The second kappa shape index (κ2) is 4.45. The molecule has 19 heavy (non-hydrogen) atoms. The van der Waals surface area contributed by atoms with Crippen LogP contribution in [0.2, 0.25) is 0 Å². The predicted molar refractivity (Wildman–Crippen MR) is 72.9 cm³/mol. The summed E-state index contributed by atoms with van der Waals surface area (Å²) in [6, 6.07) is 13.5. The van der Waals surface area contributed by atoms with Crippen LogP contribution in [0.1, 0.15) is 0 Å². The second-order valence-electron chi connectivity index (χ2n) is 4.05. The molecular weight excluding hydrogens is 242 g/mol. The molecule has 0 bridgehead atoms. The number of benzene rings is 1. The Balaban J connectivity index is 2.07. The highest BCUT2D eigenvalue weighted by Gasteiger charge is 2.04. The van der Waals surface area contributed by atoms with Crippen LogP contribution in [-0.2, 0) is 0 Å². The number of pyridine rings is 1. The van der Waals surface area contributed by atoms with Crippen molar-refractivity contribution >= 4 is 17.2 Å². The molecule has 0 amide bonds. The molecule has 0 spiro atoms. The minimum atomic E-state index is -0.177. The Morgan fingerprint density at radius 1 is 1.11 bits per heavy atom. The number of rotatable bonds is 2. The number of fused-ring (bicyclic) bond motifs is 1. The van der Waals surface area contributed by atoms with E-state index >= 15 is 0 Å². The van der Waals surface area contributed by atoms with E-state index in [2.05, 4.69) is 10.3 Å². The Kier molecular flexibility index (Phi) is 2.64. The smallest absolute Gasteiger partial charge is 0.259 e. The maximum atomic E-state index is 11.9. The van der Waals surface area contributed by atoms with E-state index in [1.165, 1.54) is 10.5 Å². The van der Waals surface area contributed by atoms with E-state index in [0.29, 0.717) is 17.2 Å². The summed E-state index contributed by atoms with van der Waals surface area (Å²) < 4.78 is 1.45. The molecule has 5 nitrogen and oxygen atoms in total.